The van der Waals surface area contributed by atoms with Crippen LogP contribution in [0.1, 0.15) is 33.1 Å². The first-order valence-corrected chi connectivity index (χ1v) is 5.99. The Hall–Kier alpha value is -0.770. The molecule has 1 aliphatic heterocycles. The zero-order valence-corrected chi connectivity index (χ0v) is 9.88. The number of carbonyl (C=O) groups excluding carboxylic acids is 1. The van der Waals surface area contributed by atoms with Gasteiger partial charge in [0.2, 0.25) is 0 Å². The van der Waals surface area contributed by atoms with E-state index in [1.54, 1.807) is 0 Å². The number of hydrogen-bond acceptors (Lipinski definition) is 2. The number of hydrogen-bond donors (Lipinski definition) is 2. The van der Waals surface area contributed by atoms with E-state index in [4.69, 9.17) is 0 Å². The number of urea groups is 1. The molecule has 1 fully saturated rings. The highest BCUT2D eigenvalue weighted by Crippen LogP contribution is 2.08. The van der Waals surface area contributed by atoms with E-state index in [1.165, 1.54) is 32.4 Å². The second kappa shape index (κ2) is 6.67. The second-order valence-corrected chi connectivity index (χ2v) is 4.27. The molecule has 1 atom stereocenters. The van der Waals surface area contributed by atoms with Gasteiger partial charge in [-0.2, -0.15) is 0 Å². The highest BCUT2D eigenvalue weighted by Gasteiger charge is 2.14. The quantitative estimate of drug-likeness (QED) is 0.736. The van der Waals surface area contributed by atoms with Crippen molar-refractivity contribution in [2.75, 3.05) is 26.2 Å². The first-order valence-electron chi connectivity index (χ1n) is 5.99. The lowest BCUT2D eigenvalue weighted by Gasteiger charge is -2.29. The van der Waals surface area contributed by atoms with E-state index < -0.39 is 0 Å². The van der Waals surface area contributed by atoms with Gasteiger partial charge in [-0.25, -0.2) is 4.79 Å². The van der Waals surface area contributed by atoms with Gasteiger partial charge < -0.3 is 15.5 Å². The molecule has 0 saturated carbocycles. The molecule has 0 aromatic heterocycles. The molecule has 0 radical (unpaired) electrons. The van der Waals surface area contributed by atoms with Crippen LogP contribution in [-0.2, 0) is 0 Å². The van der Waals surface area contributed by atoms with Gasteiger partial charge in [0, 0.05) is 19.1 Å². The number of likely N-dealkylation sites (tertiary alicyclic amines) is 1. The van der Waals surface area contributed by atoms with Crippen molar-refractivity contribution in [2.24, 2.45) is 0 Å². The van der Waals surface area contributed by atoms with Crippen molar-refractivity contribution in [2.45, 2.75) is 39.2 Å². The topological polar surface area (TPSA) is 44.4 Å². The fraction of sp³-hybridized carbons (Fsp3) is 0.909. The summed E-state index contributed by atoms with van der Waals surface area (Å²) in [6.45, 7) is 8.00. The van der Waals surface area contributed by atoms with Crippen LogP contribution < -0.4 is 10.6 Å². The van der Waals surface area contributed by atoms with Crippen LogP contribution in [0.3, 0.4) is 0 Å². The van der Waals surface area contributed by atoms with E-state index in [1.807, 2.05) is 6.92 Å². The van der Waals surface area contributed by atoms with E-state index in [2.05, 4.69) is 22.5 Å². The van der Waals surface area contributed by atoms with E-state index >= 15 is 0 Å². The summed E-state index contributed by atoms with van der Waals surface area (Å²) in [5, 5.41) is 5.68. The normalized spacial score (nSPS) is 19.6. The minimum Gasteiger partial charge on any atom is -0.338 e. The molecule has 0 aliphatic carbocycles. The summed E-state index contributed by atoms with van der Waals surface area (Å²) in [5.74, 6) is 0. The first-order chi connectivity index (χ1) is 7.22. The number of rotatable bonds is 4. The zero-order valence-electron chi connectivity index (χ0n) is 9.88. The van der Waals surface area contributed by atoms with E-state index in [9.17, 15) is 4.79 Å². The number of amides is 2. The molecule has 1 unspecified atom stereocenters. The Kier molecular flexibility index (Phi) is 5.47. The van der Waals surface area contributed by atoms with E-state index in [-0.39, 0.29) is 12.1 Å². The molecule has 1 heterocycles. The van der Waals surface area contributed by atoms with Crippen LogP contribution >= 0.6 is 0 Å². The van der Waals surface area contributed by atoms with Crippen LogP contribution in [0.2, 0.25) is 0 Å². The molecule has 0 aromatic carbocycles. The Morgan fingerprint density at radius 3 is 2.60 bits per heavy atom. The molecular formula is C11H23N3O. The zero-order chi connectivity index (χ0) is 11.1. The highest BCUT2D eigenvalue weighted by atomic mass is 16.2. The van der Waals surface area contributed by atoms with Crippen molar-refractivity contribution in [1.82, 2.24) is 15.5 Å². The average molecular weight is 213 g/mol. The summed E-state index contributed by atoms with van der Waals surface area (Å²) in [6.07, 6.45) is 3.95. The Balaban J connectivity index is 2.16. The van der Waals surface area contributed by atoms with Crippen LogP contribution in [0.5, 0.6) is 0 Å². The lowest BCUT2D eigenvalue weighted by atomic mass is 10.1. The third kappa shape index (κ3) is 5.02. The minimum atomic E-state index is -0.0537. The standard InChI is InChI=1S/C11H23N3O/c1-3-12-11(15)13-10(2)9-14-7-5-4-6-8-14/h10H,3-9H2,1-2H3,(H2,12,13,15). The van der Waals surface area contributed by atoms with Crippen LogP contribution in [0.15, 0.2) is 0 Å². The van der Waals surface area contributed by atoms with Gasteiger partial charge >= 0.3 is 6.03 Å². The van der Waals surface area contributed by atoms with Crippen LogP contribution in [0, 0.1) is 0 Å². The molecule has 1 aliphatic rings. The SMILES string of the molecule is CCNC(=O)NC(C)CN1CCCCC1. The lowest BCUT2D eigenvalue weighted by Crippen LogP contribution is -2.47. The van der Waals surface area contributed by atoms with Crippen LogP contribution in [0.4, 0.5) is 4.79 Å². The average Bonchev–Trinajstić information content (AvgIpc) is 2.19. The molecule has 2 N–H and O–H groups in total. The van der Waals surface area contributed by atoms with E-state index in [0.717, 1.165) is 6.54 Å². The molecule has 88 valence electrons. The van der Waals surface area contributed by atoms with Crippen molar-refractivity contribution in [3.8, 4) is 0 Å². The van der Waals surface area contributed by atoms with Crippen LogP contribution in [0.25, 0.3) is 0 Å². The largest absolute Gasteiger partial charge is 0.338 e. The van der Waals surface area contributed by atoms with E-state index in [0.29, 0.717) is 6.54 Å². The number of carbonyl (C=O) groups is 1. The molecule has 0 bridgehead atoms. The van der Waals surface area contributed by atoms with Gasteiger partial charge in [-0.15, -0.1) is 0 Å². The number of piperidine rings is 1. The molecular weight excluding hydrogens is 190 g/mol. The first kappa shape index (κ1) is 12.3. The van der Waals surface area contributed by atoms with Gasteiger partial charge in [-0.3, -0.25) is 0 Å². The fourth-order valence-corrected chi connectivity index (χ4v) is 2.01. The van der Waals surface area contributed by atoms with Gasteiger partial charge in [-0.05, 0) is 39.8 Å². The summed E-state index contributed by atoms with van der Waals surface area (Å²) in [7, 11) is 0. The molecule has 2 amide bonds. The minimum absolute atomic E-state index is 0.0537. The molecule has 1 rings (SSSR count). The predicted octanol–water partition coefficient (Wildman–Crippen LogP) is 1.18. The number of nitrogens with one attached hydrogen (secondary N) is 2. The lowest BCUT2D eigenvalue weighted by molar-refractivity contribution is 0.203. The van der Waals surface area contributed by atoms with Gasteiger partial charge in [0.1, 0.15) is 0 Å². The summed E-state index contributed by atoms with van der Waals surface area (Å²) < 4.78 is 0. The molecule has 4 nitrogen and oxygen atoms in total. The Morgan fingerprint density at radius 1 is 1.33 bits per heavy atom. The third-order valence-electron chi connectivity index (χ3n) is 2.70. The van der Waals surface area contributed by atoms with Gasteiger partial charge in [0.25, 0.3) is 0 Å². The van der Waals surface area contributed by atoms with Crippen molar-refractivity contribution in [3.05, 3.63) is 0 Å². The smallest absolute Gasteiger partial charge is 0.315 e. The molecule has 15 heavy (non-hydrogen) atoms. The van der Waals surface area contributed by atoms with Crippen LogP contribution in [-0.4, -0.2) is 43.2 Å². The maximum atomic E-state index is 11.3. The maximum Gasteiger partial charge on any atom is 0.315 e. The summed E-state index contributed by atoms with van der Waals surface area (Å²) in [6, 6.07) is 0.177. The predicted molar refractivity (Wildman–Crippen MR) is 62.0 cm³/mol. The second-order valence-electron chi connectivity index (χ2n) is 4.27. The third-order valence-corrected chi connectivity index (χ3v) is 2.70. The van der Waals surface area contributed by atoms with Crippen molar-refractivity contribution in [1.29, 1.82) is 0 Å². The Labute approximate surface area is 92.4 Å². The molecule has 4 heteroatoms. The van der Waals surface area contributed by atoms with Crippen molar-refractivity contribution >= 4 is 6.03 Å². The maximum absolute atomic E-state index is 11.3. The fourth-order valence-electron chi connectivity index (χ4n) is 2.01. The monoisotopic (exact) mass is 213 g/mol. The molecule has 1 saturated heterocycles. The summed E-state index contributed by atoms with van der Waals surface area (Å²) >= 11 is 0. The Morgan fingerprint density at radius 2 is 2.00 bits per heavy atom. The van der Waals surface area contributed by atoms with Gasteiger partial charge in [0.05, 0.1) is 0 Å². The van der Waals surface area contributed by atoms with Gasteiger partial charge in [0.15, 0.2) is 0 Å². The summed E-state index contributed by atoms with van der Waals surface area (Å²) in [5.41, 5.74) is 0. The van der Waals surface area contributed by atoms with Crippen molar-refractivity contribution < 1.29 is 4.79 Å². The highest BCUT2D eigenvalue weighted by molar-refractivity contribution is 5.74. The Bertz CT molecular complexity index is 190. The summed E-state index contributed by atoms with van der Waals surface area (Å²) in [4.78, 5) is 13.7. The number of nitrogens with zero attached hydrogens (tertiary/aromatic N) is 1. The molecule has 0 spiro atoms. The van der Waals surface area contributed by atoms with Gasteiger partial charge in [-0.1, -0.05) is 6.42 Å². The van der Waals surface area contributed by atoms with Crippen molar-refractivity contribution in [3.63, 3.8) is 0 Å². The molecule has 0 aromatic rings.